The molecule has 164 valence electrons. The van der Waals surface area contributed by atoms with Crippen LogP contribution in [-0.2, 0) is 0 Å². The molecule has 2 aliphatic carbocycles. The number of carbonyl (C=O) groups is 2. The second kappa shape index (κ2) is 6.29. The maximum Gasteiger partial charge on any atom is 0.200 e. The maximum absolute atomic E-state index is 13.2. The predicted octanol–water partition coefficient (Wildman–Crippen LogP) is -0.548. The standard InChI is InChI=1S/C23H24O8/c1-19(2)22(30)20(28,15(24)13-9-5-3-6-10-13)17(26)18(27)21(29,23(19,22)31)16(25)14-11-7-4-8-12-14/h3-12,17-18,26-31H,1-2H3. The molecule has 6 N–H and O–H groups in total. The predicted molar refractivity (Wildman–Crippen MR) is 107 cm³/mol. The minimum absolute atomic E-state index is 0.102. The van der Waals surface area contributed by atoms with Crippen LogP contribution in [0.1, 0.15) is 34.6 Å². The topological polar surface area (TPSA) is 156 Å². The van der Waals surface area contributed by atoms with Gasteiger partial charge in [-0.2, -0.15) is 0 Å². The number of ketones is 2. The summed E-state index contributed by atoms with van der Waals surface area (Å²) in [4.78, 5) is 26.5. The minimum Gasteiger partial charge on any atom is -0.387 e. The number of rotatable bonds is 4. The highest BCUT2D eigenvalue weighted by Gasteiger charge is 3.01. The number of benzene rings is 2. The zero-order valence-corrected chi connectivity index (χ0v) is 16.9. The van der Waals surface area contributed by atoms with Gasteiger partial charge in [0.1, 0.15) is 23.4 Å². The second-order valence-corrected chi connectivity index (χ2v) is 8.86. The van der Waals surface area contributed by atoms with E-state index >= 15 is 0 Å². The van der Waals surface area contributed by atoms with Gasteiger partial charge in [0.25, 0.3) is 0 Å². The Labute approximate surface area is 178 Å². The van der Waals surface area contributed by atoms with E-state index in [1.54, 1.807) is 12.1 Å². The fraction of sp³-hybridized carbons (Fsp3) is 0.391. The van der Waals surface area contributed by atoms with Gasteiger partial charge in [-0.1, -0.05) is 74.5 Å². The Bertz CT molecular complexity index is 970. The van der Waals surface area contributed by atoms with Crippen LogP contribution in [0.2, 0.25) is 0 Å². The lowest BCUT2D eigenvalue weighted by atomic mass is 9.63. The summed E-state index contributed by atoms with van der Waals surface area (Å²) in [6, 6.07) is 14.5. The summed E-state index contributed by atoms with van der Waals surface area (Å²) in [5.41, 5.74) is -14.0. The molecule has 0 heterocycles. The molecule has 2 aromatic carbocycles. The third kappa shape index (κ3) is 2.10. The number of aliphatic hydroxyl groups excluding tert-OH is 2. The molecule has 6 unspecified atom stereocenters. The van der Waals surface area contributed by atoms with Gasteiger partial charge in [-0.3, -0.25) is 9.59 Å². The van der Waals surface area contributed by atoms with Crippen molar-refractivity contribution in [3.63, 3.8) is 0 Å². The third-order valence-corrected chi connectivity index (χ3v) is 7.29. The molecular formula is C23H24O8. The molecule has 6 atom stereocenters. The lowest BCUT2D eigenvalue weighted by molar-refractivity contribution is -0.270. The van der Waals surface area contributed by atoms with Gasteiger partial charge in [0.15, 0.2) is 22.8 Å². The Balaban J connectivity index is 1.93. The number of hydrogen-bond donors (Lipinski definition) is 6. The van der Waals surface area contributed by atoms with Crippen LogP contribution in [0.4, 0.5) is 0 Å². The Morgan fingerprint density at radius 1 is 0.645 bits per heavy atom. The van der Waals surface area contributed by atoms with Crippen LogP contribution in [0.3, 0.4) is 0 Å². The van der Waals surface area contributed by atoms with Gasteiger partial charge in [-0.15, -0.1) is 0 Å². The smallest absolute Gasteiger partial charge is 0.200 e. The fourth-order valence-electron chi connectivity index (χ4n) is 5.43. The first-order valence-electron chi connectivity index (χ1n) is 9.80. The van der Waals surface area contributed by atoms with Crippen LogP contribution in [0.15, 0.2) is 60.7 Å². The van der Waals surface area contributed by atoms with Crippen molar-refractivity contribution in [2.24, 2.45) is 5.41 Å². The molecule has 0 aromatic heterocycles. The molecule has 0 spiro atoms. The largest absolute Gasteiger partial charge is 0.387 e. The summed E-state index contributed by atoms with van der Waals surface area (Å²) in [6.45, 7) is 2.45. The Kier molecular flexibility index (Phi) is 4.41. The Hall–Kier alpha value is -2.46. The van der Waals surface area contributed by atoms with Gasteiger partial charge < -0.3 is 30.6 Å². The van der Waals surface area contributed by atoms with Crippen molar-refractivity contribution in [2.75, 3.05) is 0 Å². The van der Waals surface area contributed by atoms with Crippen LogP contribution < -0.4 is 0 Å². The lowest BCUT2D eigenvalue weighted by Crippen LogP contribution is -2.80. The Morgan fingerprint density at radius 3 is 1.23 bits per heavy atom. The molecule has 0 bridgehead atoms. The molecule has 0 saturated heterocycles. The van der Waals surface area contributed by atoms with E-state index in [1.807, 2.05) is 0 Å². The van der Waals surface area contributed by atoms with Crippen LogP contribution in [0.25, 0.3) is 0 Å². The van der Waals surface area contributed by atoms with Gasteiger partial charge in [-0.25, -0.2) is 0 Å². The van der Waals surface area contributed by atoms with E-state index in [4.69, 9.17) is 0 Å². The van der Waals surface area contributed by atoms with Crippen molar-refractivity contribution in [3.05, 3.63) is 71.8 Å². The van der Waals surface area contributed by atoms with Gasteiger partial charge in [0, 0.05) is 16.5 Å². The molecule has 2 fully saturated rings. The maximum atomic E-state index is 13.2. The monoisotopic (exact) mass is 428 g/mol. The highest BCUT2D eigenvalue weighted by Crippen LogP contribution is 2.77. The van der Waals surface area contributed by atoms with E-state index in [2.05, 4.69) is 0 Å². The molecular weight excluding hydrogens is 404 g/mol. The van der Waals surface area contributed by atoms with Crippen LogP contribution in [0, 0.1) is 5.41 Å². The third-order valence-electron chi connectivity index (χ3n) is 7.29. The van der Waals surface area contributed by atoms with Crippen molar-refractivity contribution in [1.29, 1.82) is 0 Å². The number of aliphatic hydroxyl groups is 6. The van der Waals surface area contributed by atoms with Gasteiger partial charge in [0.2, 0.25) is 0 Å². The van der Waals surface area contributed by atoms with Gasteiger partial charge in [-0.05, 0) is 0 Å². The summed E-state index contributed by atoms with van der Waals surface area (Å²) in [7, 11) is 0. The van der Waals surface area contributed by atoms with E-state index in [-0.39, 0.29) is 11.1 Å². The molecule has 2 saturated carbocycles. The van der Waals surface area contributed by atoms with Crippen molar-refractivity contribution in [2.45, 2.75) is 48.5 Å². The van der Waals surface area contributed by atoms with Crippen molar-refractivity contribution in [3.8, 4) is 0 Å². The van der Waals surface area contributed by atoms with Crippen molar-refractivity contribution in [1.82, 2.24) is 0 Å². The summed E-state index contributed by atoms with van der Waals surface area (Å²) >= 11 is 0. The van der Waals surface area contributed by atoms with Crippen molar-refractivity contribution >= 4 is 11.6 Å². The summed E-state index contributed by atoms with van der Waals surface area (Å²) in [5, 5.41) is 67.5. The van der Waals surface area contributed by atoms with E-state index in [0.29, 0.717) is 0 Å². The number of carbonyl (C=O) groups excluding carboxylic acids is 2. The van der Waals surface area contributed by atoms with Gasteiger partial charge in [0.05, 0.1) is 0 Å². The SMILES string of the molecule is CC1(C)C2(O)C(O)(C(=O)c3ccccc3)C(O)C(O)C(O)(C(=O)c3ccccc3)C12O. The number of fused-ring (bicyclic) bond motifs is 1. The average Bonchev–Trinajstić information content (AvgIpc) is 3.17. The highest BCUT2D eigenvalue weighted by atomic mass is 16.5. The average molecular weight is 428 g/mol. The molecule has 31 heavy (non-hydrogen) atoms. The molecule has 0 aliphatic heterocycles. The number of Topliss-reactive ketones (excluding diaryl/α,β-unsaturated/α-hetero) is 2. The van der Waals surface area contributed by atoms with E-state index in [1.165, 1.54) is 62.4 Å². The quantitative estimate of drug-likeness (QED) is 0.355. The zero-order chi connectivity index (χ0) is 23.0. The van der Waals surface area contributed by atoms with E-state index < -0.39 is 51.6 Å². The minimum atomic E-state index is -3.12. The lowest BCUT2D eigenvalue weighted by Gasteiger charge is -2.50. The van der Waals surface area contributed by atoms with Crippen LogP contribution in [-0.4, -0.2) is 76.8 Å². The molecule has 0 radical (unpaired) electrons. The summed E-state index contributed by atoms with van der Waals surface area (Å²) in [5.74, 6) is -2.33. The van der Waals surface area contributed by atoms with E-state index in [9.17, 15) is 40.2 Å². The molecule has 8 nitrogen and oxygen atoms in total. The first-order valence-corrected chi connectivity index (χ1v) is 9.80. The first-order chi connectivity index (χ1) is 14.3. The van der Waals surface area contributed by atoms with Crippen molar-refractivity contribution < 1.29 is 40.2 Å². The Morgan fingerprint density at radius 2 is 0.935 bits per heavy atom. The van der Waals surface area contributed by atoms with Crippen LogP contribution >= 0.6 is 0 Å². The molecule has 8 heteroatoms. The summed E-state index contributed by atoms with van der Waals surface area (Å²) in [6.07, 6.45) is -4.99. The van der Waals surface area contributed by atoms with E-state index in [0.717, 1.165) is 0 Å². The van der Waals surface area contributed by atoms with Gasteiger partial charge >= 0.3 is 0 Å². The first kappa shape index (κ1) is 21.8. The molecule has 0 amide bonds. The normalized spacial score (nSPS) is 40.6. The molecule has 4 rings (SSSR count). The van der Waals surface area contributed by atoms with Crippen LogP contribution in [0.5, 0.6) is 0 Å². The number of hydrogen-bond acceptors (Lipinski definition) is 8. The fourth-order valence-corrected chi connectivity index (χ4v) is 5.43. The molecule has 2 aromatic rings. The zero-order valence-electron chi connectivity index (χ0n) is 16.9. The molecule has 2 aliphatic rings. The summed E-state index contributed by atoms with van der Waals surface area (Å²) < 4.78 is 0. The highest BCUT2D eigenvalue weighted by molar-refractivity contribution is 6.09. The second-order valence-electron chi connectivity index (χ2n) is 8.86.